The van der Waals surface area contributed by atoms with Crippen LogP contribution in [-0.4, -0.2) is 54.9 Å². The molecule has 1 aliphatic heterocycles. The van der Waals surface area contributed by atoms with Gasteiger partial charge in [-0.25, -0.2) is 4.39 Å². The van der Waals surface area contributed by atoms with Crippen LogP contribution in [0.5, 0.6) is 5.75 Å². The van der Waals surface area contributed by atoms with E-state index in [1.165, 1.54) is 31.4 Å². The Morgan fingerprint density at radius 3 is 2.35 bits per heavy atom. The first-order valence-corrected chi connectivity index (χ1v) is 11.6. The number of amides is 3. The Bertz CT molecular complexity index is 1000. The number of hydrogen-bond acceptors (Lipinski definition) is 4. The quantitative estimate of drug-likeness (QED) is 0.620. The second kappa shape index (κ2) is 11.6. The predicted molar refractivity (Wildman–Crippen MR) is 127 cm³/mol. The van der Waals surface area contributed by atoms with Gasteiger partial charge in [0.25, 0.3) is 11.8 Å². The largest absolute Gasteiger partial charge is 0.497 e. The number of rotatable bonds is 8. The second-order valence-corrected chi connectivity index (χ2v) is 8.64. The molecule has 0 spiro atoms. The summed E-state index contributed by atoms with van der Waals surface area (Å²) in [5.41, 5.74) is 0.835. The summed E-state index contributed by atoms with van der Waals surface area (Å²) in [6.45, 7) is 4.79. The Labute approximate surface area is 199 Å². The molecule has 3 amide bonds. The second-order valence-electron chi connectivity index (χ2n) is 8.64. The molecule has 2 aromatic carbocycles. The number of piperidine rings is 1. The van der Waals surface area contributed by atoms with E-state index in [0.717, 1.165) is 6.42 Å². The Kier molecular flexibility index (Phi) is 8.62. The molecule has 0 aliphatic carbocycles. The summed E-state index contributed by atoms with van der Waals surface area (Å²) in [5, 5.41) is 5.89. The van der Waals surface area contributed by atoms with Crippen LogP contribution in [0.15, 0.2) is 48.5 Å². The van der Waals surface area contributed by atoms with E-state index in [9.17, 15) is 18.8 Å². The smallest absolute Gasteiger partial charge is 0.253 e. The molecule has 0 aromatic heterocycles. The normalized spacial score (nSPS) is 15.8. The third-order valence-corrected chi connectivity index (χ3v) is 6.29. The highest BCUT2D eigenvalue weighted by Crippen LogP contribution is 2.23. The highest BCUT2D eigenvalue weighted by atomic mass is 19.1. The zero-order valence-corrected chi connectivity index (χ0v) is 19.8. The van der Waals surface area contributed by atoms with Crippen LogP contribution in [0.1, 0.15) is 53.8 Å². The lowest BCUT2D eigenvalue weighted by Crippen LogP contribution is -2.55. The van der Waals surface area contributed by atoms with Crippen molar-refractivity contribution in [1.29, 1.82) is 0 Å². The minimum atomic E-state index is -0.726. The van der Waals surface area contributed by atoms with Gasteiger partial charge in [0, 0.05) is 30.3 Å². The summed E-state index contributed by atoms with van der Waals surface area (Å²) < 4.78 is 18.4. The SMILES string of the molecule is CCC(C)NC(=O)C(NC(=O)c1cccc(OC)c1)C1CCN(C(=O)c2ccc(F)cc2)CC1. The molecule has 2 N–H and O–H groups in total. The molecular weight excluding hydrogens is 437 g/mol. The summed E-state index contributed by atoms with van der Waals surface area (Å²) in [6, 6.07) is 11.5. The molecular formula is C26H32FN3O4. The van der Waals surface area contributed by atoms with E-state index < -0.39 is 11.9 Å². The number of ether oxygens (including phenoxy) is 1. The lowest BCUT2D eigenvalue weighted by molar-refractivity contribution is -0.125. The Morgan fingerprint density at radius 1 is 1.06 bits per heavy atom. The Morgan fingerprint density at radius 2 is 1.74 bits per heavy atom. The monoisotopic (exact) mass is 469 g/mol. The number of carbonyl (C=O) groups is 3. The molecule has 1 saturated heterocycles. The van der Waals surface area contributed by atoms with Gasteiger partial charge in [0.15, 0.2) is 0 Å². The average Bonchev–Trinajstić information content (AvgIpc) is 2.87. The van der Waals surface area contributed by atoms with Crippen molar-refractivity contribution in [1.82, 2.24) is 15.5 Å². The van der Waals surface area contributed by atoms with Gasteiger partial charge in [-0.3, -0.25) is 14.4 Å². The maximum absolute atomic E-state index is 13.2. The molecule has 3 rings (SSSR count). The van der Waals surface area contributed by atoms with E-state index in [2.05, 4.69) is 10.6 Å². The number of nitrogens with one attached hydrogen (secondary N) is 2. The number of halogens is 1. The molecule has 2 atom stereocenters. The maximum atomic E-state index is 13.2. The van der Waals surface area contributed by atoms with E-state index in [1.54, 1.807) is 29.2 Å². The summed E-state index contributed by atoms with van der Waals surface area (Å²) >= 11 is 0. The molecule has 1 heterocycles. The van der Waals surface area contributed by atoms with Gasteiger partial charge in [0.1, 0.15) is 17.6 Å². The fourth-order valence-corrected chi connectivity index (χ4v) is 4.03. The fraction of sp³-hybridized carbons (Fsp3) is 0.423. The standard InChI is InChI=1S/C26H32FN3O4/c1-4-17(2)28-25(32)23(29-24(31)20-6-5-7-22(16-20)34-3)18-12-14-30(15-13-18)26(33)19-8-10-21(27)11-9-19/h5-11,16-18,23H,4,12-15H2,1-3H3,(H,28,32)(H,29,31). The van der Waals surface area contributed by atoms with Crippen LogP contribution in [0, 0.1) is 11.7 Å². The molecule has 0 radical (unpaired) electrons. The highest BCUT2D eigenvalue weighted by Gasteiger charge is 2.34. The van der Waals surface area contributed by atoms with Crippen LogP contribution < -0.4 is 15.4 Å². The van der Waals surface area contributed by atoms with E-state index >= 15 is 0 Å². The number of carbonyl (C=O) groups excluding carboxylic acids is 3. The third kappa shape index (κ3) is 6.34. The van der Waals surface area contributed by atoms with Gasteiger partial charge in [-0.15, -0.1) is 0 Å². The van der Waals surface area contributed by atoms with Crippen LogP contribution in [-0.2, 0) is 4.79 Å². The minimum Gasteiger partial charge on any atom is -0.497 e. The third-order valence-electron chi connectivity index (χ3n) is 6.29. The van der Waals surface area contributed by atoms with E-state index in [1.807, 2.05) is 13.8 Å². The summed E-state index contributed by atoms with van der Waals surface area (Å²) in [4.78, 5) is 40.5. The van der Waals surface area contributed by atoms with E-state index in [0.29, 0.717) is 42.8 Å². The van der Waals surface area contributed by atoms with Crippen LogP contribution in [0.25, 0.3) is 0 Å². The van der Waals surface area contributed by atoms with Crippen molar-refractivity contribution in [3.8, 4) is 5.75 Å². The summed E-state index contributed by atoms with van der Waals surface area (Å²) in [7, 11) is 1.53. The van der Waals surface area contributed by atoms with Crippen LogP contribution >= 0.6 is 0 Å². The lowest BCUT2D eigenvalue weighted by atomic mass is 9.88. The van der Waals surface area contributed by atoms with Crippen molar-refractivity contribution in [2.24, 2.45) is 5.92 Å². The lowest BCUT2D eigenvalue weighted by Gasteiger charge is -2.36. The van der Waals surface area contributed by atoms with Gasteiger partial charge >= 0.3 is 0 Å². The van der Waals surface area contributed by atoms with E-state index in [4.69, 9.17) is 4.74 Å². The number of nitrogens with zero attached hydrogens (tertiary/aromatic N) is 1. The van der Waals surface area contributed by atoms with Crippen molar-refractivity contribution < 1.29 is 23.5 Å². The van der Waals surface area contributed by atoms with Crippen molar-refractivity contribution in [2.45, 2.75) is 45.2 Å². The first-order chi connectivity index (χ1) is 16.3. The number of hydrogen-bond donors (Lipinski definition) is 2. The van der Waals surface area contributed by atoms with Gasteiger partial charge in [0.2, 0.25) is 5.91 Å². The zero-order valence-electron chi connectivity index (χ0n) is 19.8. The van der Waals surface area contributed by atoms with Gasteiger partial charge < -0.3 is 20.3 Å². The minimum absolute atomic E-state index is 0.0242. The van der Waals surface area contributed by atoms with Crippen molar-refractivity contribution in [3.05, 3.63) is 65.5 Å². The van der Waals surface area contributed by atoms with Gasteiger partial charge in [-0.2, -0.15) is 0 Å². The zero-order chi connectivity index (χ0) is 24.7. The van der Waals surface area contributed by atoms with Crippen molar-refractivity contribution >= 4 is 17.7 Å². The molecule has 0 bridgehead atoms. The predicted octanol–water partition coefficient (Wildman–Crippen LogP) is 3.40. The van der Waals surface area contributed by atoms with Gasteiger partial charge in [-0.1, -0.05) is 13.0 Å². The molecule has 7 nitrogen and oxygen atoms in total. The molecule has 182 valence electrons. The molecule has 2 unspecified atom stereocenters. The van der Waals surface area contributed by atoms with Crippen molar-refractivity contribution in [3.63, 3.8) is 0 Å². The number of methoxy groups -OCH3 is 1. The fourth-order valence-electron chi connectivity index (χ4n) is 4.03. The summed E-state index contributed by atoms with van der Waals surface area (Å²) in [6.07, 6.45) is 1.89. The Balaban J connectivity index is 1.70. The molecule has 0 saturated carbocycles. The molecule has 8 heteroatoms. The molecule has 2 aromatic rings. The van der Waals surface area contributed by atoms with Crippen LogP contribution in [0.4, 0.5) is 4.39 Å². The van der Waals surface area contributed by atoms with Gasteiger partial charge in [0.05, 0.1) is 7.11 Å². The van der Waals surface area contributed by atoms with Crippen LogP contribution in [0.2, 0.25) is 0 Å². The molecule has 1 fully saturated rings. The number of likely N-dealkylation sites (tertiary alicyclic amines) is 1. The first kappa shape index (κ1) is 25.2. The van der Waals surface area contributed by atoms with E-state index in [-0.39, 0.29) is 29.7 Å². The number of benzene rings is 2. The van der Waals surface area contributed by atoms with Gasteiger partial charge in [-0.05, 0) is 74.6 Å². The topological polar surface area (TPSA) is 87.7 Å². The maximum Gasteiger partial charge on any atom is 0.253 e. The molecule has 34 heavy (non-hydrogen) atoms. The highest BCUT2D eigenvalue weighted by molar-refractivity contribution is 5.98. The Hall–Kier alpha value is -3.42. The average molecular weight is 470 g/mol. The van der Waals surface area contributed by atoms with Crippen LogP contribution in [0.3, 0.4) is 0 Å². The summed E-state index contributed by atoms with van der Waals surface area (Å²) in [5.74, 6) is -0.713. The molecule has 1 aliphatic rings. The van der Waals surface area contributed by atoms with Crippen molar-refractivity contribution in [2.75, 3.05) is 20.2 Å². The first-order valence-electron chi connectivity index (χ1n) is 11.6.